The second-order valence-electron chi connectivity index (χ2n) is 7.21. The molecular weight excluding hydrogens is 290 g/mol. The number of hydrogen-bond acceptors (Lipinski definition) is 4. The largest absolute Gasteiger partial charge is 0.304 e. The van der Waals surface area contributed by atoms with Gasteiger partial charge in [-0.1, -0.05) is 0 Å². The van der Waals surface area contributed by atoms with Crippen LogP contribution in [0.15, 0.2) is 12.1 Å². The number of rotatable bonds is 4. The zero-order valence-corrected chi connectivity index (χ0v) is 15.2. The van der Waals surface area contributed by atoms with E-state index in [9.17, 15) is 0 Å². The van der Waals surface area contributed by atoms with Crippen LogP contribution >= 0.6 is 11.3 Å². The van der Waals surface area contributed by atoms with E-state index < -0.39 is 0 Å². The molecule has 2 aliphatic rings. The van der Waals surface area contributed by atoms with E-state index >= 15 is 0 Å². The molecule has 22 heavy (non-hydrogen) atoms. The third-order valence-electron chi connectivity index (χ3n) is 5.60. The first-order chi connectivity index (χ1) is 10.6. The summed E-state index contributed by atoms with van der Waals surface area (Å²) in [6.07, 6.45) is 2.75. The molecule has 0 aromatic carbocycles. The molecule has 124 valence electrons. The Balaban J connectivity index is 1.45. The van der Waals surface area contributed by atoms with Crippen molar-refractivity contribution in [2.45, 2.75) is 39.3 Å². The van der Waals surface area contributed by atoms with E-state index in [0.29, 0.717) is 0 Å². The maximum absolute atomic E-state index is 2.73. The van der Waals surface area contributed by atoms with Gasteiger partial charge in [0.2, 0.25) is 0 Å². The zero-order valence-electron chi connectivity index (χ0n) is 14.4. The molecule has 0 amide bonds. The minimum atomic E-state index is 0.764. The van der Waals surface area contributed by atoms with Gasteiger partial charge in [-0.3, -0.25) is 9.80 Å². The SMILES string of the molecule is Cc1ccc(CN2CCC([C@@H](C)N3CCN(C)CC3)CC2)s1. The lowest BCUT2D eigenvalue weighted by molar-refractivity contribution is 0.0600. The van der Waals surface area contributed by atoms with Gasteiger partial charge in [0.1, 0.15) is 0 Å². The first-order valence-electron chi connectivity index (χ1n) is 8.82. The third-order valence-corrected chi connectivity index (χ3v) is 6.59. The Kier molecular flexibility index (Phi) is 5.55. The summed E-state index contributed by atoms with van der Waals surface area (Å²) >= 11 is 1.96. The van der Waals surface area contributed by atoms with Crippen LogP contribution in [0.2, 0.25) is 0 Å². The van der Waals surface area contributed by atoms with E-state index in [4.69, 9.17) is 0 Å². The number of aryl methyl sites for hydroxylation is 1. The molecule has 0 aliphatic carbocycles. The molecule has 3 heterocycles. The summed E-state index contributed by atoms with van der Waals surface area (Å²) in [6.45, 7) is 13.4. The lowest BCUT2D eigenvalue weighted by Crippen LogP contribution is -2.51. The summed E-state index contributed by atoms with van der Waals surface area (Å²) in [5, 5.41) is 0. The average Bonchev–Trinajstić information content (AvgIpc) is 2.93. The fourth-order valence-corrected chi connectivity index (χ4v) is 4.84. The quantitative estimate of drug-likeness (QED) is 0.844. The zero-order chi connectivity index (χ0) is 15.5. The van der Waals surface area contributed by atoms with Crippen molar-refractivity contribution in [1.82, 2.24) is 14.7 Å². The third kappa shape index (κ3) is 4.10. The van der Waals surface area contributed by atoms with Crippen LogP contribution in [0.5, 0.6) is 0 Å². The smallest absolute Gasteiger partial charge is 0.0328 e. The van der Waals surface area contributed by atoms with E-state index in [1.807, 2.05) is 11.3 Å². The molecule has 0 bridgehead atoms. The van der Waals surface area contributed by atoms with Crippen molar-refractivity contribution in [1.29, 1.82) is 0 Å². The number of hydrogen-bond donors (Lipinski definition) is 0. The predicted molar refractivity (Wildman–Crippen MR) is 95.6 cm³/mol. The van der Waals surface area contributed by atoms with Gasteiger partial charge >= 0.3 is 0 Å². The molecule has 0 radical (unpaired) electrons. The van der Waals surface area contributed by atoms with Gasteiger partial charge in [0, 0.05) is 48.5 Å². The van der Waals surface area contributed by atoms with Crippen LogP contribution in [-0.4, -0.2) is 67.1 Å². The van der Waals surface area contributed by atoms with E-state index in [1.165, 1.54) is 61.9 Å². The number of piperidine rings is 1. The van der Waals surface area contributed by atoms with Crippen LogP contribution in [0.4, 0.5) is 0 Å². The maximum atomic E-state index is 2.73. The fraction of sp³-hybridized carbons (Fsp3) is 0.778. The van der Waals surface area contributed by atoms with Crippen molar-refractivity contribution in [2.75, 3.05) is 46.3 Å². The van der Waals surface area contributed by atoms with Gasteiger partial charge in [0.05, 0.1) is 0 Å². The highest BCUT2D eigenvalue weighted by atomic mass is 32.1. The fourth-order valence-electron chi connectivity index (χ4n) is 3.91. The molecular formula is C18H31N3S. The minimum absolute atomic E-state index is 0.764. The number of nitrogens with zero attached hydrogens (tertiary/aromatic N) is 3. The number of likely N-dealkylation sites (N-methyl/N-ethyl adjacent to an activating group) is 1. The van der Waals surface area contributed by atoms with Crippen molar-refractivity contribution in [3.05, 3.63) is 21.9 Å². The molecule has 1 aromatic heterocycles. The highest BCUT2D eigenvalue weighted by Gasteiger charge is 2.29. The lowest BCUT2D eigenvalue weighted by atomic mass is 9.89. The molecule has 1 aromatic rings. The summed E-state index contributed by atoms with van der Waals surface area (Å²) in [5.74, 6) is 0.893. The Morgan fingerprint density at radius 2 is 1.77 bits per heavy atom. The molecule has 1 atom stereocenters. The van der Waals surface area contributed by atoms with Crippen molar-refractivity contribution in [3.8, 4) is 0 Å². The normalized spacial score (nSPS) is 24.7. The Morgan fingerprint density at radius 3 is 2.36 bits per heavy atom. The van der Waals surface area contributed by atoms with E-state index in [2.05, 4.69) is 47.7 Å². The first kappa shape index (κ1) is 16.4. The molecule has 2 aliphatic heterocycles. The topological polar surface area (TPSA) is 9.72 Å². The Bertz CT molecular complexity index is 457. The van der Waals surface area contributed by atoms with Gasteiger partial charge in [-0.15, -0.1) is 11.3 Å². The Hall–Kier alpha value is -0.420. The summed E-state index contributed by atoms with van der Waals surface area (Å²) < 4.78 is 0. The monoisotopic (exact) mass is 321 g/mol. The van der Waals surface area contributed by atoms with Crippen LogP contribution in [0.1, 0.15) is 29.5 Å². The first-order valence-corrected chi connectivity index (χ1v) is 9.64. The van der Waals surface area contributed by atoms with Crippen LogP contribution in [-0.2, 0) is 6.54 Å². The molecule has 4 heteroatoms. The summed E-state index contributed by atoms with van der Waals surface area (Å²) in [7, 11) is 2.24. The highest BCUT2D eigenvalue weighted by molar-refractivity contribution is 7.11. The molecule has 0 spiro atoms. The van der Waals surface area contributed by atoms with Crippen LogP contribution in [0.25, 0.3) is 0 Å². The molecule has 2 saturated heterocycles. The molecule has 3 rings (SSSR count). The second-order valence-corrected chi connectivity index (χ2v) is 8.58. The molecule has 0 saturated carbocycles. The minimum Gasteiger partial charge on any atom is -0.304 e. The Morgan fingerprint density at radius 1 is 1.09 bits per heavy atom. The average molecular weight is 322 g/mol. The molecule has 0 unspecified atom stereocenters. The Labute approximate surface area is 139 Å². The van der Waals surface area contributed by atoms with Crippen molar-refractivity contribution >= 4 is 11.3 Å². The lowest BCUT2D eigenvalue weighted by Gasteiger charge is -2.42. The van der Waals surface area contributed by atoms with Gasteiger partial charge in [0.15, 0.2) is 0 Å². The van der Waals surface area contributed by atoms with Gasteiger partial charge in [-0.2, -0.15) is 0 Å². The molecule has 3 nitrogen and oxygen atoms in total. The van der Waals surface area contributed by atoms with Crippen LogP contribution < -0.4 is 0 Å². The van der Waals surface area contributed by atoms with Gasteiger partial charge in [0.25, 0.3) is 0 Å². The standard InChI is InChI=1S/C18H31N3S/c1-15-4-5-18(22-15)14-20-8-6-17(7-9-20)16(2)21-12-10-19(3)11-13-21/h4-5,16-17H,6-14H2,1-3H3/t16-/m1/s1. The number of likely N-dealkylation sites (tertiary alicyclic amines) is 1. The molecule has 0 N–H and O–H groups in total. The molecule has 2 fully saturated rings. The van der Waals surface area contributed by atoms with Crippen molar-refractivity contribution in [3.63, 3.8) is 0 Å². The summed E-state index contributed by atoms with van der Waals surface area (Å²) in [6, 6.07) is 5.32. The van der Waals surface area contributed by atoms with Gasteiger partial charge in [-0.05, 0) is 64.9 Å². The van der Waals surface area contributed by atoms with Gasteiger partial charge < -0.3 is 4.90 Å². The van der Waals surface area contributed by atoms with E-state index in [-0.39, 0.29) is 0 Å². The second kappa shape index (κ2) is 7.43. The number of piperazine rings is 1. The maximum Gasteiger partial charge on any atom is 0.0328 e. The van der Waals surface area contributed by atoms with Crippen LogP contribution in [0, 0.1) is 12.8 Å². The summed E-state index contributed by atoms with van der Waals surface area (Å²) in [4.78, 5) is 10.8. The van der Waals surface area contributed by atoms with Crippen molar-refractivity contribution < 1.29 is 0 Å². The van der Waals surface area contributed by atoms with Gasteiger partial charge in [-0.25, -0.2) is 0 Å². The predicted octanol–water partition coefficient (Wildman–Crippen LogP) is 2.90. The summed E-state index contributed by atoms with van der Waals surface area (Å²) in [5.41, 5.74) is 0. The van der Waals surface area contributed by atoms with Crippen LogP contribution in [0.3, 0.4) is 0 Å². The van der Waals surface area contributed by atoms with Crippen molar-refractivity contribution in [2.24, 2.45) is 5.92 Å². The van der Waals surface area contributed by atoms with E-state index in [0.717, 1.165) is 18.5 Å². The highest BCUT2D eigenvalue weighted by Crippen LogP contribution is 2.26. The van der Waals surface area contributed by atoms with E-state index in [1.54, 1.807) is 0 Å². The number of thiophene rings is 1.